The van der Waals surface area contributed by atoms with Crippen molar-refractivity contribution >= 4 is 50.7 Å². The first-order valence-corrected chi connectivity index (χ1v) is 12.2. The SMILES string of the molecule is Cc1nn(-c2ccccc2)c2sc(C(=O)O[C@@H](C)C(=O)Nc3ccccc3N3CCCC3=O)cc12. The van der Waals surface area contributed by atoms with Crippen LogP contribution in [0.5, 0.6) is 0 Å². The van der Waals surface area contributed by atoms with Gasteiger partial charge in [-0.15, -0.1) is 11.3 Å². The summed E-state index contributed by atoms with van der Waals surface area (Å²) in [6.45, 7) is 4.03. The highest BCUT2D eigenvalue weighted by Crippen LogP contribution is 2.32. The molecule has 3 heterocycles. The van der Waals surface area contributed by atoms with E-state index in [-0.39, 0.29) is 5.91 Å². The number of thiophene rings is 1. The first kappa shape index (κ1) is 22.8. The standard InChI is InChI=1S/C26H24N4O4S/c1-16-19-15-22(35-25(19)30(28-16)18-9-4-3-5-10-18)26(33)34-17(2)24(32)27-20-11-6-7-12-21(20)29-14-8-13-23(29)31/h3-7,9-12,15,17H,8,13-14H2,1-2H3,(H,27,32)/t17-/m0/s1. The van der Waals surface area contributed by atoms with Crippen LogP contribution < -0.4 is 10.2 Å². The van der Waals surface area contributed by atoms with Gasteiger partial charge in [0.15, 0.2) is 6.10 Å². The number of carbonyl (C=O) groups excluding carboxylic acids is 3. The van der Waals surface area contributed by atoms with Crippen LogP contribution in [0.25, 0.3) is 15.9 Å². The Morgan fingerprint density at radius 1 is 1.11 bits per heavy atom. The van der Waals surface area contributed by atoms with Crippen LogP contribution in [0.2, 0.25) is 0 Å². The number of esters is 1. The summed E-state index contributed by atoms with van der Waals surface area (Å²) >= 11 is 1.27. The van der Waals surface area contributed by atoms with E-state index < -0.39 is 18.0 Å². The van der Waals surface area contributed by atoms with Gasteiger partial charge in [0.2, 0.25) is 5.91 Å². The lowest BCUT2D eigenvalue weighted by molar-refractivity contribution is -0.123. The molecule has 1 saturated heterocycles. The van der Waals surface area contributed by atoms with E-state index in [0.29, 0.717) is 29.2 Å². The maximum Gasteiger partial charge on any atom is 0.349 e. The highest BCUT2D eigenvalue weighted by Gasteiger charge is 2.26. The van der Waals surface area contributed by atoms with Crippen LogP contribution in [-0.4, -0.2) is 40.2 Å². The third kappa shape index (κ3) is 4.42. The van der Waals surface area contributed by atoms with Crippen molar-refractivity contribution in [2.75, 3.05) is 16.8 Å². The summed E-state index contributed by atoms with van der Waals surface area (Å²) in [7, 11) is 0. The van der Waals surface area contributed by atoms with E-state index >= 15 is 0 Å². The Morgan fingerprint density at radius 2 is 1.86 bits per heavy atom. The van der Waals surface area contributed by atoms with E-state index in [0.717, 1.165) is 28.0 Å². The molecular formula is C26H24N4O4S. The van der Waals surface area contributed by atoms with Crippen molar-refractivity contribution in [1.82, 2.24) is 9.78 Å². The van der Waals surface area contributed by atoms with Gasteiger partial charge in [-0.05, 0) is 50.6 Å². The molecule has 0 spiro atoms. The molecule has 1 fully saturated rings. The fourth-order valence-corrected chi connectivity index (χ4v) is 5.18. The average molecular weight is 489 g/mol. The molecule has 0 unspecified atom stereocenters. The predicted octanol–water partition coefficient (Wildman–Crippen LogP) is 4.71. The molecule has 1 N–H and O–H groups in total. The lowest BCUT2D eigenvalue weighted by atomic mass is 10.2. The number of ether oxygens (including phenoxy) is 1. The number of hydrogen-bond donors (Lipinski definition) is 1. The number of para-hydroxylation sites is 3. The summed E-state index contributed by atoms with van der Waals surface area (Å²) in [6.07, 6.45) is 0.250. The second-order valence-corrected chi connectivity index (χ2v) is 9.40. The van der Waals surface area contributed by atoms with Gasteiger partial charge in [0.05, 0.1) is 22.8 Å². The normalized spacial score (nSPS) is 14.3. The number of carbonyl (C=O) groups is 3. The van der Waals surface area contributed by atoms with Crippen molar-refractivity contribution in [3.63, 3.8) is 0 Å². The van der Waals surface area contributed by atoms with Crippen LogP contribution in [0, 0.1) is 6.92 Å². The van der Waals surface area contributed by atoms with Crippen LogP contribution in [-0.2, 0) is 14.3 Å². The quantitative estimate of drug-likeness (QED) is 0.397. The van der Waals surface area contributed by atoms with Crippen LogP contribution in [0.1, 0.15) is 35.1 Å². The maximum atomic E-state index is 12.9. The van der Waals surface area contributed by atoms with Gasteiger partial charge in [0.25, 0.3) is 5.91 Å². The third-order valence-corrected chi connectivity index (χ3v) is 7.02. The van der Waals surface area contributed by atoms with E-state index in [4.69, 9.17) is 4.74 Å². The Kier molecular flexibility index (Phi) is 6.08. The zero-order valence-electron chi connectivity index (χ0n) is 19.4. The van der Waals surface area contributed by atoms with E-state index in [1.165, 1.54) is 18.3 Å². The molecule has 9 heteroatoms. The van der Waals surface area contributed by atoms with Crippen molar-refractivity contribution in [3.8, 4) is 5.69 Å². The number of aromatic nitrogens is 2. The topological polar surface area (TPSA) is 93.5 Å². The molecule has 2 aromatic carbocycles. The first-order valence-electron chi connectivity index (χ1n) is 11.4. The molecule has 2 aromatic heterocycles. The number of hydrogen-bond acceptors (Lipinski definition) is 6. The average Bonchev–Trinajstić information content (AvgIpc) is 3.56. The molecule has 0 radical (unpaired) electrons. The molecule has 1 aliphatic heterocycles. The number of rotatable bonds is 6. The van der Waals surface area contributed by atoms with Gasteiger partial charge in [-0.2, -0.15) is 5.10 Å². The van der Waals surface area contributed by atoms with E-state index in [9.17, 15) is 14.4 Å². The van der Waals surface area contributed by atoms with Crippen LogP contribution in [0.15, 0.2) is 60.7 Å². The summed E-state index contributed by atoms with van der Waals surface area (Å²) < 4.78 is 7.29. The van der Waals surface area contributed by atoms with Crippen molar-refractivity contribution in [1.29, 1.82) is 0 Å². The number of fused-ring (bicyclic) bond motifs is 1. The number of aryl methyl sites for hydroxylation is 1. The number of nitrogens with zero attached hydrogens (tertiary/aromatic N) is 3. The highest BCUT2D eigenvalue weighted by molar-refractivity contribution is 7.20. The van der Waals surface area contributed by atoms with Gasteiger partial charge in [-0.25, -0.2) is 9.48 Å². The summed E-state index contributed by atoms with van der Waals surface area (Å²) in [5.41, 5.74) is 2.86. The Labute approximate surface area is 206 Å². The van der Waals surface area contributed by atoms with E-state index in [1.807, 2.05) is 43.3 Å². The van der Waals surface area contributed by atoms with E-state index in [1.54, 1.807) is 33.8 Å². The predicted molar refractivity (Wildman–Crippen MR) is 135 cm³/mol. The molecule has 4 aromatic rings. The lowest BCUT2D eigenvalue weighted by Crippen LogP contribution is -2.31. The van der Waals surface area contributed by atoms with Crippen LogP contribution >= 0.6 is 11.3 Å². The van der Waals surface area contributed by atoms with Gasteiger partial charge in [0, 0.05) is 18.4 Å². The zero-order chi connectivity index (χ0) is 24.5. The maximum absolute atomic E-state index is 12.9. The molecule has 0 bridgehead atoms. The monoisotopic (exact) mass is 488 g/mol. The molecule has 0 aliphatic carbocycles. The molecule has 2 amide bonds. The van der Waals surface area contributed by atoms with Crippen LogP contribution in [0.3, 0.4) is 0 Å². The van der Waals surface area contributed by atoms with Gasteiger partial charge in [0.1, 0.15) is 9.71 Å². The minimum atomic E-state index is -1.03. The minimum Gasteiger partial charge on any atom is -0.448 e. The smallest absolute Gasteiger partial charge is 0.349 e. The molecule has 35 heavy (non-hydrogen) atoms. The number of nitrogens with one attached hydrogen (secondary N) is 1. The molecular weight excluding hydrogens is 464 g/mol. The molecule has 5 rings (SSSR count). The van der Waals surface area contributed by atoms with Crippen molar-refractivity contribution in [2.24, 2.45) is 0 Å². The molecule has 0 saturated carbocycles. The van der Waals surface area contributed by atoms with E-state index in [2.05, 4.69) is 10.4 Å². The number of benzene rings is 2. The van der Waals surface area contributed by atoms with Gasteiger partial charge in [-0.1, -0.05) is 30.3 Å². The Hall–Kier alpha value is -3.98. The zero-order valence-corrected chi connectivity index (χ0v) is 20.2. The minimum absolute atomic E-state index is 0.0281. The van der Waals surface area contributed by atoms with Crippen LogP contribution in [0.4, 0.5) is 11.4 Å². The summed E-state index contributed by atoms with van der Waals surface area (Å²) in [5, 5.41) is 8.26. The fraction of sp³-hybridized carbons (Fsp3) is 0.231. The first-order chi connectivity index (χ1) is 16.9. The second-order valence-electron chi connectivity index (χ2n) is 8.37. The molecule has 1 atom stereocenters. The number of amides is 2. The van der Waals surface area contributed by atoms with Crippen molar-refractivity contribution in [3.05, 3.63) is 71.2 Å². The summed E-state index contributed by atoms with van der Waals surface area (Å²) in [6, 6.07) is 18.6. The second kappa shape index (κ2) is 9.34. The summed E-state index contributed by atoms with van der Waals surface area (Å²) in [5.74, 6) is -1.01. The molecule has 8 nitrogen and oxygen atoms in total. The molecule has 178 valence electrons. The Morgan fingerprint density at radius 3 is 2.60 bits per heavy atom. The lowest BCUT2D eigenvalue weighted by Gasteiger charge is -2.21. The fourth-order valence-electron chi connectivity index (χ4n) is 4.12. The largest absolute Gasteiger partial charge is 0.448 e. The van der Waals surface area contributed by atoms with Gasteiger partial charge >= 0.3 is 5.97 Å². The Balaban J connectivity index is 1.31. The van der Waals surface area contributed by atoms with Gasteiger partial charge in [-0.3, -0.25) is 9.59 Å². The molecule has 1 aliphatic rings. The number of anilines is 2. The summed E-state index contributed by atoms with van der Waals surface area (Å²) in [4.78, 5) is 40.8. The van der Waals surface area contributed by atoms with Crippen molar-refractivity contribution in [2.45, 2.75) is 32.8 Å². The Bertz CT molecular complexity index is 1430. The van der Waals surface area contributed by atoms with Gasteiger partial charge < -0.3 is 15.0 Å². The highest BCUT2D eigenvalue weighted by atomic mass is 32.1. The third-order valence-electron chi connectivity index (χ3n) is 5.93. The van der Waals surface area contributed by atoms with Crippen molar-refractivity contribution < 1.29 is 19.1 Å².